The Morgan fingerprint density at radius 2 is 1.88 bits per heavy atom. The number of nitrogens with one attached hydrogen (secondary N) is 1. The number of benzene rings is 2. The van der Waals surface area contributed by atoms with Crippen LogP contribution in [0.4, 0.5) is 0 Å². The Bertz CT molecular complexity index is 1930. The highest BCUT2D eigenvalue weighted by Gasteiger charge is 2.41. The molecule has 7 rings (SSSR count). The molecule has 5 heterocycles. The summed E-state index contributed by atoms with van der Waals surface area (Å²) >= 11 is 1.54. The number of carboxylic acid groups (broad SMARTS) is 1. The second kappa shape index (κ2) is 14.5. The van der Waals surface area contributed by atoms with Crippen molar-refractivity contribution in [2.45, 2.75) is 12.3 Å². The van der Waals surface area contributed by atoms with Gasteiger partial charge in [0.2, 0.25) is 5.91 Å². The van der Waals surface area contributed by atoms with Gasteiger partial charge in [-0.2, -0.15) is 5.10 Å². The summed E-state index contributed by atoms with van der Waals surface area (Å²) in [6, 6.07) is 16.9. The van der Waals surface area contributed by atoms with Gasteiger partial charge in [0.15, 0.2) is 22.8 Å². The van der Waals surface area contributed by atoms with Crippen LogP contribution in [-0.2, 0) is 9.59 Å². The Morgan fingerprint density at radius 3 is 2.69 bits per heavy atom. The number of rotatable bonds is 3. The maximum atomic E-state index is 13.8. The minimum atomic E-state index is -0.453. The molecule has 2 aliphatic rings. The van der Waals surface area contributed by atoms with Crippen LogP contribution in [0.15, 0.2) is 72.4 Å². The molecule has 1 saturated heterocycles. The molecule has 2 bridgehead atoms. The molecule has 2 aliphatic heterocycles. The van der Waals surface area contributed by atoms with Crippen molar-refractivity contribution in [3.63, 3.8) is 0 Å². The van der Waals surface area contributed by atoms with Gasteiger partial charge in [0, 0.05) is 66.0 Å². The topological polar surface area (TPSA) is 156 Å². The van der Waals surface area contributed by atoms with Gasteiger partial charge in [-0.1, -0.05) is 24.3 Å². The van der Waals surface area contributed by atoms with E-state index in [2.05, 4.69) is 15.4 Å². The van der Waals surface area contributed by atoms with Crippen LogP contribution in [0.1, 0.15) is 38.7 Å². The Balaban J connectivity index is 0.00000129. The van der Waals surface area contributed by atoms with Crippen LogP contribution in [0, 0.1) is 5.92 Å². The average Bonchev–Trinajstić information content (AvgIpc) is 3.86. The number of ether oxygens (including phenoxy) is 2. The lowest BCUT2D eigenvalue weighted by atomic mass is 9.88. The number of nitrogens with zero attached hydrogens (tertiary/aromatic N) is 5. The molecule has 0 aliphatic carbocycles. The predicted octanol–water partition coefficient (Wildman–Crippen LogP) is 3.55. The van der Waals surface area contributed by atoms with Crippen molar-refractivity contribution in [1.82, 2.24) is 29.7 Å². The Hall–Kier alpha value is -5.50. The van der Waals surface area contributed by atoms with Crippen LogP contribution in [0.2, 0.25) is 0 Å². The lowest BCUT2D eigenvalue weighted by Crippen LogP contribution is -2.39. The van der Waals surface area contributed by atoms with Crippen LogP contribution in [0.5, 0.6) is 11.5 Å². The molecule has 3 aromatic heterocycles. The standard InChI is InChI=1S/C33H32N6O5S.CH2O2/c1-43-27-9-8-21-16-28(27)44-15-14-37(33(42)26-17-30-34-10-5-13-39(30)36-26)12-4-11-35-31(40)24-19-38(18-23(21)24)32(41)25-20-45-29-7-3-2-6-22(25)29;2-1-3/h2-3,5-10,13,16-17,20,23-24H,4,11-12,14-15,18-19H2,1H3,(H,35,40);1H,(H,2,3)/t23-,24+;/m1./s1. The average molecular weight is 671 g/mol. The van der Waals surface area contributed by atoms with Gasteiger partial charge >= 0.3 is 0 Å². The van der Waals surface area contributed by atoms with Crippen molar-refractivity contribution >= 4 is 51.3 Å². The Kier molecular flexibility index (Phi) is 9.80. The lowest BCUT2D eigenvalue weighted by molar-refractivity contribution is -0.125. The summed E-state index contributed by atoms with van der Waals surface area (Å²) in [6.07, 6.45) is 3.94. The number of carbonyl (C=O) groups excluding carboxylic acids is 3. The largest absolute Gasteiger partial charge is 0.493 e. The van der Waals surface area contributed by atoms with E-state index in [0.29, 0.717) is 61.9 Å². The summed E-state index contributed by atoms with van der Waals surface area (Å²) < 4.78 is 14.4. The third-order valence-corrected chi connectivity index (χ3v) is 9.50. The molecule has 14 heteroatoms. The number of fused-ring (bicyclic) bond motifs is 6. The highest BCUT2D eigenvalue weighted by molar-refractivity contribution is 7.17. The van der Waals surface area contributed by atoms with Crippen molar-refractivity contribution in [3.8, 4) is 11.5 Å². The fraction of sp³-hybridized carbons (Fsp3) is 0.294. The van der Waals surface area contributed by atoms with Gasteiger partial charge in [0.25, 0.3) is 18.3 Å². The molecular weight excluding hydrogens is 636 g/mol. The smallest absolute Gasteiger partial charge is 0.290 e. The summed E-state index contributed by atoms with van der Waals surface area (Å²) in [7, 11) is 1.57. The van der Waals surface area contributed by atoms with E-state index < -0.39 is 5.92 Å². The zero-order valence-electron chi connectivity index (χ0n) is 26.2. The summed E-state index contributed by atoms with van der Waals surface area (Å²) in [4.78, 5) is 57.1. The number of amides is 3. The van der Waals surface area contributed by atoms with Crippen molar-refractivity contribution in [3.05, 3.63) is 89.2 Å². The molecule has 5 aromatic rings. The Labute approximate surface area is 279 Å². The molecule has 0 spiro atoms. The van der Waals surface area contributed by atoms with E-state index in [9.17, 15) is 14.4 Å². The van der Waals surface area contributed by atoms with E-state index in [4.69, 9.17) is 19.4 Å². The minimum Gasteiger partial charge on any atom is -0.493 e. The first kappa shape index (κ1) is 32.4. The Morgan fingerprint density at radius 1 is 1.06 bits per heavy atom. The van der Waals surface area contributed by atoms with Crippen LogP contribution in [0.25, 0.3) is 15.7 Å². The summed E-state index contributed by atoms with van der Waals surface area (Å²) in [5, 5.41) is 17.2. The van der Waals surface area contributed by atoms with Crippen molar-refractivity contribution in [2.75, 3.05) is 46.4 Å². The molecule has 2 atom stereocenters. The van der Waals surface area contributed by atoms with E-state index >= 15 is 0 Å². The summed E-state index contributed by atoms with van der Waals surface area (Å²) in [6.45, 7) is 1.77. The number of methoxy groups -OCH3 is 1. The maximum Gasteiger partial charge on any atom is 0.290 e. The molecule has 2 aromatic carbocycles. The minimum absolute atomic E-state index is 0.0769. The number of thiophene rings is 1. The first-order chi connectivity index (χ1) is 23.4. The molecule has 2 N–H and O–H groups in total. The fourth-order valence-electron chi connectivity index (χ4n) is 6.21. The van der Waals surface area contributed by atoms with E-state index in [0.717, 1.165) is 15.6 Å². The molecule has 0 unspecified atom stereocenters. The highest BCUT2D eigenvalue weighted by Crippen LogP contribution is 2.39. The fourth-order valence-corrected chi connectivity index (χ4v) is 7.15. The van der Waals surface area contributed by atoms with E-state index in [1.165, 1.54) is 0 Å². The number of carbonyl (C=O) groups is 4. The quantitative estimate of drug-likeness (QED) is 0.274. The summed E-state index contributed by atoms with van der Waals surface area (Å²) in [5.74, 6) is -0.0507. The lowest BCUT2D eigenvalue weighted by Gasteiger charge is -2.24. The molecule has 248 valence electrons. The van der Waals surface area contributed by atoms with Gasteiger partial charge < -0.3 is 29.7 Å². The first-order valence-corrected chi connectivity index (χ1v) is 16.3. The van der Waals surface area contributed by atoms with Crippen LogP contribution in [0.3, 0.4) is 0 Å². The van der Waals surface area contributed by atoms with Gasteiger partial charge in [-0.05, 0) is 36.2 Å². The van der Waals surface area contributed by atoms with Crippen molar-refractivity contribution < 1.29 is 33.8 Å². The molecule has 0 radical (unpaired) electrons. The second-order valence-corrected chi connectivity index (χ2v) is 12.2. The van der Waals surface area contributed by atoms with Crippen LogP contribution >= 0.6 is 11.3 Å². The van der Waals surface area contributed by atoms with Gasteiger partial charge in [0.05, 0.1) is 25.1 Å². The van der Waals surface area contributed by atoms with Gasteiger partial charge in [-0.15, -0.1) is 11.3 Å². The van der Waals surface area contributed by atoms with Crippen molar-refractivity contribution in [2.24, 2.45) is 5.92 Å². The monoisotopic (exact) mass is 670 g/mol. The highest BCUT2D eigenvalue weighted by atomic mass is 32.1. The molecule has 1 fully saturated rings. The summed E-state index contributed by atoms with van der Waals surface area (Å²) in [5.41, 5.74) is 2.42. The normalized spacial score (nSPS) is 18.1. The van der Waals surface area contributed by atoms with Crippen LogP contribution in [-0.4, -0.2) is 100 Å². The van der Waals surface area contributed by atoms with E-state index in [1.54, 1.807) is 57.3 Å². The van der Waals surface area contributed by atoms with E-state index in [1.807, 2.05) is 47.8 Å². The zero-order valence-corrected chi connectivity index (χ0v) is 27.0. The van der Waals surface area contributed by atoms with Gasteiger partial charge in [0.1, 0.15) is 6.61 Å². The number of hydrogen-bond acceptors (Lipinski definition) is 9. The number of hydrogen-bond donors (Lipinski definition) is 2. The predicted molar refractivity (Wildman–Crippen MR) is 178 cm³/mol. The second-order valence-electron chi connectivity index (χ2n) is 11.3. The van der Waals surface area contributed by atoms with Crippen LogP contribution < -0.4 is 14.8 Å². The SMILES string of the molecule is COc1ccc2cc1OCCN(C(=O)c1cc3ncccn3n1)CCCNC(=O)[C@H]1CN(C(=O)c3csc4ccccc34)C[C@H]21.O=CO. The third kappa shape index (κ3) is 6.65. The van der Waals surface area contributed by atoms with E-state index in [-0.39, 0.29) is 42.4 Å². The molecule has 13 nitrogen and oxygen atoms in total. The zero-order chi connectivity index (χ0) is 33.6. The number of likely N-dealkylation sites (tertiary alicyclic amines) is 1. The maximum absolute atomic E-state index is 13.8. The number of aromatic nitrogens is 3. The molecule has 3 amide bonds. The molecule has 0 saturated carbocycles. The van der Waals surface area contributed by atoms with Gasteiger partial charge in [-0.25, -0.2) is 9.50 Å². The third-order valence-electron chi connectivity index (χ3n) is 8.54. The van der Waals surface area contributed by atoms with Gasteiger partial charge in [-0.3, -0.25) is 19.2 Å². The molecule has 48 heavy (non-hydrogen) atoms. The first-order valence-electron chi connectivity index (χ1n) is 15.4. The van der Waals surface area contributed by atoms with Crippen molar-refractivity contribution in [1.29, 1.82) is 0 Å². The molecular formula is C34H34N6O7S.